The van der Waals surface area contributed by atoms with Crippen molar-refractivity contribution in [3.8, 4) is 0 Å². The van der Waals surface area contributed by atoms with Gasteiger partial charge in [-0.2, -0.15) is 0 Å². The third-order valence-corrected chi connectivity index (χ3v) is 4.63. The van der Waals surface area contributed by atoms with Crippen LogP contribution in [0.2, 0.25) is 0 Å². The number of nitrogens with zero attached hydrogens (tertiary/aromatic N) is 2. The van der Waals surface area contributed by atoms with Crippen molar-refractivity contribution in [2.24, 2.45) is 11.8 Å². The highest BCUT2D eigenvalue weighted by Crippen LogP contribution is 2.37. The van der Waals surface area contributed by atoms with E-state index in [2.05, 4.69) is 17.2 Å². The summed E-state index contributed by atoms with van der Waals surface area (Å²) in [5, 5.41) is 3.73. The molecule has 0 saturated heterocycles. The maximum atomic E-state index is 12.0. The van der Waals surface area contributed by atoms with Crippen LogP contribution in [0.1, 0.15) is 29.9 Å². The Morgan fingerprint density at radius 3 is 2.89 bits per heavy atom. The number of carbonyl (C=O) groups excluding carboxylic acids is 1. The molecule has 3 N–H and O–H groups in total. The first-order valence-corrected chi connectivity index (χ1v) is 7.10. The number of nitrogens with two attached hydrogens (primary N) is 1. The van der Waals surface area contributed by atoms with Crippen molar-refractivity contribution >= 4 is 28.2 Å². The quantitative estimate of drug-likeness (QED) is 0.850. The molecule has 5 nitrogen and oxygen atoms in total. The third-order valence-electron chi connectivity index (χ3n) is 3.45. The van der Waals surface area contributed by atoms with Crippen LogP contribution in [0.25, 0.3) is 0 Å². The standard InChI is InChI=1S/C12H20N4OS/c1-4-16(3)12-15-10(13)9(18-12)11(17)14-6-8-5-7(8)2/h7-8H,4-6,13H2,1-3H3,(H,14,17). The highest BCUT2D eigenvalue weighted by atomic mass is 32.1. The number of nitrogen functional groups attached to an aromatic ring is 1. The van der Waals surface area contributed by atoms with Gasteiger partial charge in [-0.25, -0.2) is 4.98 Å². The Hall–Kier alpha value is -1.30. The molecule has 0 spiro atoms. The van der Waals surface area contributed by atoms with Crippen LogP contribution in [0.3, 0.4) is 0 Å². The van der Waals surface area contributed by atoms with Crippen LogP contribution in [-0.2, 0) is 0 Å². The van der Waals surface area contributed by atoms with Crippen molar-refractivity contribution in [1.29, 1.82) is 0 Å². The molecule has 6 heteroatoms. The van der Waals surface area contributed by atoms with E-state index in [0.717, 1.165) is 24.1 Å². The van der Waals surface area contributed by atoms with Gasteiger partial charge in [-0.05, 0) is 25.2 Å². The normalized spacial score (nSPS) is 21.7. The molecule has 0 bridgehead atoms. The predicted octanol–water partition coefficient (Wildman–Crippen LogP) is 1.57. The zero-order chi connectivity index (χ0) is 13.3. The lowest BCUT2D eigenvalue weighted by Crippen LogP contribution is -2.25. The van der Waals surface area contributed by atoms with Crippen LogP contribution in [0.4, 0.5) is 10.9 Å². The first-order chi connectivity index (χ1) is 8.52. The van der Waals surface area contributed by atoms with Gasteiger partial charge in [0.2, 0.25) is 0 Å². The molecule has 1 aromatic heterocycles. The maximum absolute atomic E-state index is 12.0. The molecule has 0 aliphatic heterocycles. The molecule has 18 heavy (non-hydrogen) atoms. The van der Waals surface area contributed by atoms with Gasteiger partial charge >= 0.3 is 0 Å². The second-order valence-corrected chi connectivity index (χ2v) is 5.89. The molecular weight excluding hydrogens is 248 g/mol. The van der Waals surface area contributed by atoms with Crippen molar-refractivity contribution in [1.82, 2.24) is 10.3 Å². The van der Waals surface area contributed by atoms with Crippen LogP contribution >= 0.6 is 11.3 Å². The van der Waals surface area contributed by atoms with E-state index in [-0.39, 0.29) is 5.91 Å². The van der Waals surface area contributed by atoms with Gasteiger partial charge in [-0.3, -0.25) is 4.79 Å². The van der Waals surface area contributed by atoms with E-state index in [4.69, 9.17) is 5.73 Å². The van der Waals surface area contributed by atoms with Gasteiger partial charge in [0, 0.05) is 20.1 Å². The molecular formula is C12H20N4OS. The number of nitrogens with one attached hydrogen (secondary N) is 1. The van der Waals surface area contributed by atoms with E-state index < -0.39 is 0 Å². The highest BCUT2D eigenvalue weighted by Gasteiger charge is 2.32. The second-order valence-electron chi connectivity index (χ2n) is 4.91. The van der Waals surface area contributed by atoms with E-state index in [1.807, 2.05) is 18.9 Å². The Morgan fingerprint density at radius 1 is 1.67 bits per heavy atom. The second kappa shape index (κ2) is 5.14. The van der Waals surface area contributed by atoms with Crippen molar-refractivity contribution in [2.75, 3.05) is 30.8 Å². The van der Waals surface area contributed by atoms with Gasteiger partial charge in [-0.15, -0.1) is 0 Å². The lowest BCUT2D eigenvalue weighted by Gasteiger charge is -2.10. The van der Waals surface area contributed by atoms with Gasteiger partial charge < -0.3 is 16.0 Å². The Kier molecular flexibility index (Phi) is 3.75. The summed E-state index contributed by atoms with van der Waals surface area (Å²) >= 11 is 1.35. The molecule has 2 rings (SSSR count). The summed E-state index contributed by atoms with van der Waals surface area (Å²) in [5.74, 6) is 1.61. The minimum atomic E-state index is -0.0974. The highest BCUT2D eigenvalue weighted by molar-refractivity contribution is 7.18. The van der Waals surface area contributed by atoms with E-state index in [9.17, 15) is 4.79 Å². The van der Waals surface area contributed by atoms with Gasteiger partial charge in [0.1, 0.15) is 10.7 Å². The Bertz CT molecular complexity index is 445. The molecule has 2 atom stereocenters. The first-order valence-electron chi connectivity index (χ1n) is 6.28. The van der Waals surface area contributed by atoms with E-state index in [1.165, 1.54) is 17.8 Å². The van der Waals surface area contributed by atoms with Crippen molar-refractivity contribution in [3.05, 3.63) is 4.88 Å². The number of anilines is 2. The van der Waals surface area contributed by atoms with Crippen LogP contribution in [-0.4, -0.2) is 31.0 Å². The van der Waals surface area contributed by atoms with Gasteiger partial charge in [-0.1, -0.05) is 18.3 Å². The summed E-state index contributed by atoms with van der Waals surface area (Å²) < 4.78 is 0. The van der Waals surface area contributed by atoms with Crippen LogP contribution < -0.4 is 16.0 Å². The van der Waals surface area contributed by atoms with E-state index in [0.29, 0.717) is 16.6 Å². The Balaban J connectivity index is 1.98. The molecule has 1 aliphatic carbocycles. The summed E-state index contributed by atoms with van der Waals surface area (Å²) in [4.78, 5) is 18.7. The summed E-state index contributed by atoms with van der Waals surface area (Å²) in [7, 11) is 1.94. The molecule has 1 aromatic rings. The third kappa shape index (κ3) is 2.75. The summed E-state index contributed by atoms with van der Waals surface area (Å²) in [6.07, 6.45) is 1.21. The summed E-state index contributed by atoms with van der Waals surface area (Å²) in [5.41, 5.74) is 5.80. The molecule has 1 saturated carbocycles. The largest absolute Gasteiger partial charge is 0.382 e. The number of rotatable bonds is 5. The zero-order valence-electron chi connectivity index (χ0n) is 11.1. The Labute approximate surface area is 111 Å². The fraction of sp³-hybridized carbons (Fsp3) is 0.667. The minimum absolute atomic E-state index is 0.0974. The maximum Gasteiger partial charge on any atom is 0.265 e. The molecule has 1 fully saturated rings. The zero-order valence-corrected chi connectivity index (χ0v) is 11.9. The first kappa shape index (κ1) is 13.1. The molecule has 0 radical (unpaired) electrons. The lowest BCUT2D eigenvalue weighted by molar-refractivity contribution is 0.0956. The molecule has 1 amide bonds. The number of amides is 1. The summed E-state index contributed by atoms with van der Waals surface area (Å²) in [6, 6.07) is 0. The van der Waals surface area contributed by atoms with E-state index in [1.54, 1.807) is 0 Å². The smallest absolute Gasteiger partial charge is 0.265 e. The average Bonchev–Trinajstić information content (AvgIpc) is 2.91. The van der Waals surface area contributed by atoms with Gasteiger partial charge in [0.15, 0.2) is 5.13 Å². The molecule has 2 unspecified atom stereocenters. The molecule has 0 aromatic carbocycles. The SMILES string of the molecule is CCN(C)c1nc(N)c(C(=O)NCC2CC2C)s1. The molecule has 1 aliphatic rings. The van der Waals surface area contributed by atoms with Gasteiger partial charge in [0.05, 0.1) is 0 Å². The average molecular weight is 268 g/mol. The van der Waals surface area contributed by atoms with Crippen molar-refractivity contribution < 1.29 is 4.79 Å². The number of hydrogen-bond acceptors (Lipinski definition) is 5. The van der Waals surface area contributed by atoms with Crippen LogP contribution in [0.5, 0.6) is 0 Å². The monoisotopic (exact) mass is 268 g/mol. The predicted molar refractivity (Wildman–Crippen MR) is 75.1 cm³/mol. The number of hydrogen-bond donors (Lipinski definition) is 2. The lowest BCUT2D eigenvalue weighted by atomic mass is 10.3. The molecule has 100 valence electrons. The summed E-state index contributed by atoms with van der Waals surface area (Å²) in [6.45, 7) is 5.82. The number of thiazole rings is 1. The van der Waals surface area contributed by atoms with Crippen molar-refractivity contribution in [3.63, 3.8) is 0 Å². The minimum Gasteiger partial charge on any atom is -0.382 e. The molecule has 1 heterocycles. The Morgan fingerprint density at radius 2 is 2.33 bits per heavy atom. The van der Waals surface area contributed by atoms with Gasteiger partial charge in [0.25, 0.3) is 5.91 Å². The number of aromatic nitrogens is 1. The van der Waals surface area contributed by atoms with Crippen molar-refractivity contribution in [2.45, 2.75) is 20.3 Å². The fourth-order valence-corrected chi connectivity index (χ4v) is 2.70. The topological polar surface area (TPSA) is 71.2 Å². The van der Waals surface area contributed by atoms with Crippen LogP contribution in [0, 0.1) is 11.8 Å². The fourth-order valence-electron chi connectivity index (χ4n) is 1.77. The number of carbonyl (C=O) groups is 1. The van der Waals surface area contributed by atoms with Crippen LogP contribution in [0.15, 0.2) is 0 Å². The van der Waals surface area contributed by atoms with E-state index >= 15 is 0 Å².